The van der Waals surface area contributed by atoms with Gasteiger partial charge in [-0.15, -0.1) is 0 Å². The molecule has 1 aliphatic carbocycles. The minimum absolute atomic E-state index is 0.269. The second-order valence-electron chi connectivity index (χ2n) is 3.77. The summed E-state index contributed by atoms with van der Waals surface area (Å²) >= 11 is 9.13. The number of aromatic nitrogens is 1. The molecule has 1 saturated carbocycles. The van der Waals surface area contributed by atoms with Gasteiger partial charge in [-0.2, -0.15) is 0 Å². The summed E-state index contributed by atoms with van der Waals surface area (Å²) in [6.45, 7) is 0.540. The summed E-state index contributed by atoms with van der Waals surface area (Å²) < 4.78 is 0.818. The number of hydrogen-bond donors (Lipinski definition) is 2. The molecule has 1 aromatic rings. The molecule has 2 N–H and O–H groups in total. The van der Waals surface area contributed by atoms with E-state index in [1.807, 2.05) is 0 Å². The molecule has 0 amide bonds. The first-order valence-electron chi connectivity index (χ1n) is 4.90. The summed E-state index contributed by atoms with van der Waals surface area (Å²) in [5, 5.41) is 13.4. The fraction of sp³-hybridized carbons (Fsp3) is 0.500. The van der Waals surface area contributed by atoms with Crippen LogP contribution in [0.25, 0.3) is 0 Å². The van der Waals surface area contributed by atoms with Crippen LogP contribution in [0.5, 0.6) is 0 Å². The highest BCUT2D eigenvalue weighted by Crippen LogP contribution is 2.32. The SMILES string of the molecule is OC(CNc1ncc(Cl)cc1Br)C1CC1. The van der Waals surface area contributed by atoms with Crippen LogP contribution in [0, 0.1) is 5.92 Å². The normalized spacial score (nSPS) is 17.5. The number of aliphatic hydroxyl groups is 1. The third-order valence-corrected chi connectivity index (χ3v) is 3.26. The van der Waals surface area contributed by atoms with E-state index in [1.54, 1.807) is 12.3 Å². The van der Waals surface area contributed by atoms with Crippen molar-refractivity contribution >= 4 is 33.3 Å². The molecule has 1 heterocycles. The van der Waals surface area contributed by atoms with Crippen LogP contribution in [-0.2, 0) is 0 Å². The summed E-state index contributed by atoms with van der Waals surface area (Å²) in [6, 6.07) is 1.78. The van der Waals surface area contributed by atoms with Crippen LogP contribution in [0.2, 0.25) is 5.02 Å². The highest BCUT2D eigenvalue weighted by atomic mass is 79.9. The zero-order chi connectivity index (χ0) is 10.8. The molecule has 82 valence electrons. The van der Waals surface area contributed by atoms with Crippen LogP contribution in [0.3, 0.4) is 0 Å². The Kier molecular flexibility index (Phi) is 3.49. The van der Waals surface area contributed by atoms with Gasteiger partial charge in [0.2, 0.25) is 0 Å². The summed E-state index contributed by atoms with van der Waals surface area (Å²) in [6.07, 6.45) is 3.59. The van der Waals surface area contributed by atoms with Crippen molar-refractivity contribution in [3.05, 3.63) is 21.8 Å². The zero-order valence-corrected chi connectivity index (χ0v) is 10.4. The van der Waals surface area contributed by atoms with Crippen molar-refractivity contribution < 1.29 is 5.11 Å². The molecule has 1 unspecified atom stereocenters. The number of halogens is 2. The molecule has 0 spiro atoms. The van der Waals surface area contributed by atoms with Gasteiger partial charge in [0.1, 0.15) is 5.82 Å². The van der Waals surface area contributed by atoms with Crippen molar-refractivity contribution in [3.8, 4) is 0 Å². The van der Waals surface area contributed by atoms with Crippen LogP contribution in [0.15, 0.2) is 16.7 Å². The number of nitrogens with one attached hydrogen (secondary N) is 1. The lowest BCUT2D eigenvalue weighted by atomic mass is 10.2. The van der Waals surface area contributed by atoms with Crippen molar-refractivity contribution in [2.24, 2.45) is 5.92 Å². The predicted molar refractivity (Wildman–Crippen MR) is 64.2 cm³/mol. The Morgan fingerprint density at radius 2 is 2.40 bits per heavy atom. The van der Waals surface area contributed by atoms with Gasteiger partial charge >= 0.3 is 0 Å². The van der Waals surface area contributed by atoms with Crippen LogP contribution in [-0.4, -0.2) is 22.7 Å². The molecule has 15 heavy (non-hydrogen) atoms. The van der Waals surface area contributed by atoms with Gasteiger partial charge in [-0.05, 0) is 40.8 Å². The van der Waals surface area contributed by atoms with Crippen LogP contribution in [0.4, 0.5) is 5.82 Å². The Morgan fingerprint density at radius 1 is 1.67 bits per heavy atom. The predicted octanol–water partition coefficient (Wildman–Crippen LogP) is 2.68. The third kappa shape index (κ3) is 3.06. The van der Waals surface area contributed by atoms with E-state index in [4.69, 9.17) is 11.6 Å². The Morgan fingerprint density at radius 3 is 3.00 bits per heavy atom. The molecule has 0 aliphatic heterocycles. The molecule has 0 radical (unpaired) electrons. The average molecular weight is 292 g/mol. The molecule has 1 aromatic heterocycles. The highest BCUT2D eigenvalue weighted by Gasteiger charge is 2.29. The lowest BCUT2D eigenvalue weighted by molar-refractivity contribution is 0.164. The van der Waals surface area contributed by atoms with E-state index in [9.17, 15) is 5.11 Å². The lowest BCUT2D eigenvalue weighted by Crippen LogP contribution is -2.21. The van der Waals surface area contributed by atoms with Gasteiger partial charge in [0, 0.05) is 12.7 Å². The van der Waals surface area contributed by atoms with Crippen molar-refractivity contribution in [1.82, 2.24) is 4.98 Å². The molecule has 1 fully saturated rings. The van der Waals surface area contributed by atoms with Crippen LogP contribution >= 0.6 is 27.5 Å². The molecule has 5 heteroatoms. The summed E-state index contributed by atoms with van der Waals surface area (Å²) in [5.74, 6) is 1.20. The zero-order valence-electron chi connectivity index (χ0n) is 8.08. The van der Waals surface area contributed by atoms with Gasteiger partial charge in [0.15, 0.2) is 0 Å². The first-order chi connectivity index (χ1) is 7.16. The minimum Gasteiger partial charge on any atom is -0.391 e. The summed E-state index contributed by atoms with van der Waals surface area (Å²) in [5.41, 5.74) is 0. The third-order valence-electron chi connectivity index (χ3n) is 2.45. The van der Waals surface area contributed by atoms with Gasteiger partial charge in [-0.1, -0.05) is 11.6 Å². The van der Waals surface area contributed by atoms with Crippen molar-refractivity contribution in [2.75, 3.05) is 11.9 Å². The van der Waals surface area contributed by atoms with E-state index in [0.717, 1.165) is 23.1 Å². The standard InChI is InChI=1S/C10H12BrClN2O/c11-8-3-7(12)4-13-10(8)14-5-9(15)6-1-2-6/h3-4,6,9,15H,1-2,5H2,(H,13,14). The topological polar surface area (TPSA) is 45.1 Å². The number of hydrogen-bond acceptors (Lipinski definition) is 3. The molecule has 1 aliphatic rings. The highest BCUT2D eigenvalue weighted by molar-refractivity contribution is 9.10. The number of pyridine rings is 1. The van der Waals surface area contributed by atoms with E-state index in [0.29, 0.717) is 17.5 Å². The van der Waals surface area contributed by atoms with Gasteiger partial charge in [-0.25, -0.2) is 4.98 Å². The fourth-order valence-corrected chi connectivity index (χ4v) is 2.17. The van der Waals surface area contributed by atoms with E-state index < -0.39 is 0 Å². The van der Waals surface area contributed by atoms with E-state index in [2.05, 4.69) is 26.2 Å². The van der Waals surface area contributed by atoms with Crippen molar-refractivity contribution in [2.45, 2.75) is 18.9 Å². The first kappa shape index (κ1) is 11.2. The number of aliphatic hydroxyl groups excluding tert-OH is 1. The number of rotatable bonds is 4. The first-order valence-corrected chi connectivity index (χ1v) is 6.07. The van der Waals surface area contributed by atoms with Gasteiger partial charge < -0.3 is 10.4 Å². The number of anilines is 1. The maximum absolute atomic E-state index is 9.66. The summed E-state index contributed by atoms with van der Waals surface area (Å²) in [7, 11) is 0. The molecule has 3 nitrogen and oxygen atoms in total. The average Bonchev–Trinajstić information content (AvgIpc) is 2.99. The fourth-order valence-electron chi connectivity index (χ4n) is 1.39. The summed E-state index contributed by atoms with van der Waals surface area (Å²) in [4.78, 5) is 4.13. The largest absolute Gasteiger partial charge is 0.391 e. The van der Waals surface area contributed by atoms with Crippen molar-refractivity contribution in [1.29, 1.82) is 0 Å². The molecule has 1 atom stereocenters. The van der Waals surface area contributed by atoms with Gasteiger partial charge in [0.05, 0.1) is 15.6 Å². The molecule has 0 saturated heterocycles. The molecule has 0 bridgehead atoms. The van der Waals surface area contributed by atoms with Crippen LogP contribution in [0.1, 0.15) is 12.8 Å². The van der Waals surface area contributed by atoms with Gasteiger partial charge in [-0.3, -0.25) is 0 Å². The van der Waals surface area contributed by atoms with Gasteiger partial charge in [0.25, 0.3) is 0 Å². The second kappa shape index (κ2) is 4.68. The van der Waals surface area contributed by atoms with Crippen molar-refractivity contribution in [3.63, 3.8) is 0 Å². The minimum atomic E-state index is -0.269. The second-order valence-corrected chi connectivity index (χ2v) is 5.06. The Hall–Kier alpha value is -0.320. The lowest BCUT2D eigenvalue weighted by Gasteiger charge is -2.12. The monoisotopic (exact) mass is 290 g/mol. The Balaban J connectivity index is 1.92. The van der Waals surface area contributed by atoms with E-state index >= 15 is 0 Å². The number of nitrogens with zero attached hydrogens (tertiary/aromatic N) is 1. The Labute approximate surface area is 102 Å². The maximum atomic E-state index is 9.66. The quantitative estimate of drug-likeness (QED) is 0.896. The van der Waals surface area contributed by atoms with E-state index in [-0.39, 0.29) is 6.10 Å². The Bertz CT molecular complexity index is 357. The maximum Gasteiger partial charge on any atom is 0.140 e. The smallest absolute Gasteiger partial charge is 0.140 e. The van der Waals surface area contributed by atoms with Crippen LogP contribution < -0.4 is 5.32 Å². The molecule has 2 rings (SSSR count). The molecule has 0 aromatic carbocycles. The molecular weight excluding hydrogens is 279 g/mol. The van der Waals surface area contributed by atoms with E-state index in [1.165, 1.54) is 0 Å². The molecular formula is C10H12BrClN2O.